The fourth-order valence-electron chi connectivity index (χ4n) is 1.81. The maximum atomic E-state index is 10.1. The Balaban J connectivity index is 1.74. The van der Waals surface area contributed by atoms with Gasteiger partial charge in [0.15, 0.2) is 10.8 Å². The highest BCUT2D eigenvalue weighted by atomic mass is 32.1. The fourth-order valence-corrected chi connectivity index (χ4v) is 2.59. The normalized spacial score (nSPS) is 12.5. The van der Waals surface area contributed by atoms with Crippen LogP contribution in [0.3, 0.4) is 0 Å². The van der Waals surface area contributed by atoms with E-state index in [2.05, 4.69) is 20.2 Å². The van der Waals surface area contributed by atoms with Crippen LogP contribution in [-0.4, -0.2) is 25.3 Å². The van der Waals surface area contributed by atoms with Crippen molar-refractivity contribution >= 4 is 11.3 Å². The quantitative estimate of drug-likeness (QED) is 0.763. The van der Waals surface area contributed by atoms with E-state index in [-0.39, 0.29) is 0 Å². The summed E-state index contributed by atoms with van der Waals surface area (Å²) in [6.45, 7) is 0. The first kappa shape index (κ1) is 12.0. The number of H-pyrrole nitrogens is 1. The van der Waals surface area contributed by atoms with Crippen molar-refractivity contribution < 1.29 is 5.11 Å². The smallest absolute Gasteiger partial charge is 0.184 e. The number of aliphatic hydroxyl groups excluding tert-OH is 1. The number of thiazole rings is 1. The summed E-state index contributed by atoms with van der Waals surface area (Å²) in [5.74, 6) is 0.658. The summed E-state index contributed by atoms with van der Waals surface area (Å²) in [4.78, 5) is 8.50. The van der Waals surface area contributed by atoms with Crippen LogP contribution in [0.25, 0.3) is 10.8 Å². The summed E-state index contributed by atoms with van der Waals surface area (Å²) in [6.07, 6.45) is 1.41. The largest absolute Gasteiger partial charge is 0.388 e. The first-order chi connectivity index (χ1) is 9.33. The van der Waals surface area contributed by atoms with Crippen molar-refractivity contribution in [1.29, 1.82) is 0 Å². The Hall–Kier alpha value is -2.05. The topological polar surface area (TPSA) is 74.7 Å². The third-order valence-corrected chi connectivity index (χ3v) is 3.65. The summed E-state index contributed by atoms with van der Waals surface area (Å²) in [6, 6.07) is 9.59. The number of hydrogen-bond acceptors (Lipinski definition) is 5. The number of rotatable bonds is 4. The Bertz CT molecular complexity index is 636. The van der Waals surface area contributed by atoms with Crippen LogP contribution in [0, 0.1) is 0 Å². The molecular weight excluding hydrogens is 260 g/mol. The van der Waals surface area contributed by atoms with Gasteiger partial charge in [0.1, 0.15) is 6.33 Å². The molecule has 1 atom stereocenters. The summed E-state index contributed by atoms with van der Waals surface area (Å²) in [5.41, 5.74) is 1.75. The number of nitrogens with one attached hydrogen (secondary N) is 1. The van der Waals surface area contributed by atoms with Gasteiger partial charge >= 0.3 is 0 Å². The Morgan fingerprint density at radius 3 is 2.84 bits per heavy atom. The molecule has 2 heterocycles. The van der Waals surface area contributed by atoms with Gasteiger partial charge in [0, 0.05) is 11.8 Å². The van der Waals surface area contributed by atoms with Crippen molar-refractivity contribution in [2.75, 3.05) is 0 Å². The van der Waals surface area contributed by atoms with E-state index in [1.165, 1.54) is 17.7 Å². The molecule has 0 aliphatic rings. The number of aromatic amines is 1. The molecule has 0 saturated heterocycles. The van der Waals surface area contributed by atoms with Gasteiger partial charge in [-0.05, 0) is 5.56 Å². The number of nitrogens with zero attached hydrogens (tertiary/aromatic N) is 3. The van der Waals surface area contributed by atoms with Gasteiger partial charge in [-0.15, -0.1) is 11.3 Å². The molecule has 0 aliphatic carbocycles. The van der Waals surface area contributed by atoms with Gasteiger partial charge in [0.25, 0.3) is 0 Å². The van der Waals surface area contributed by atoms with E-state index in [9.17, 15) is 5.11 Å². The summed E-state index contributed by atoms with van der Waals surface area (Å²) >= 11 is 1.49. The average molecular weight is 272 g/mol. The standard InChI is InChI=1S/C13H12N4OS/c18-11(9-4-2-1-3-5-9)6-10-7-19-13(16-10)12-14-8-15-17-12/h1-5,7-8,11,18H,6H2,(H,14,15,17). The van der Waals surface area contributed by atoms with Gasteiger partial charge in [-0.25, -0.2) is 9.97 Å². The van der Waals surface area contributed by atoms with Crippen LogP contribution >= 0.6 is 11.3 Å². The minimum Gasteiger partial charge on any atom is -0.388 e. The number of aromatic nitrogens is 4. The van der Waals surface area contributed by atoms with Crippen LogP contribution < -0.4 is 0 Å². The maximum Gasteiger partial charge on any atom is 0.184 e. The van der Waals surface area contributed by atoms with E-state index in [1.807, 2.05) is 35.7 Å². The SMILES string of the molecule is OC(Cc1csc(-c2ncn[nH]2)n1)c1ccccc1. The molecule has 3 aromatic rings. The van der Waals surface area contributed by atoms with Crippen LogP contribution in [0.1, 0.15) is 17.4 Å². The molecule has 0 radical (unpaired) electrons. The second-order valence-corrected chi connectivity index (χ2v) is 4.97. The lowest BCUT2D eigenvalue weighted by atomic mass is 10.1. The monoisotopic (exact) mass is 272 g/mol. The molecule has 6 heteroatoms. The van der Waals surface area contributed by atoms with Crippen molar-refractivity contribution in [3.05, 3.63) is 53.3 Å². The molecule has 0 fully saturated rings. The minimum absolute atomic E-state index is 0.495. The van der Waals surface area contributed by atoms with Crippen molar-refractivity contribution in [3.63, 3.8) is 0 Å². The van der Waals surface area contributed by atoms with Crippen LogP contribution in [-0.2, 0) is 6.42 Å². The molecule has 0 spiro atoms. The van der Waals surface area contributed by atoms with Gasteiger partial charge < -0.3 is 5.11 Å². The number of benzene rings is 1. The highest BCUT2D eigenvalue weighted by molar-refractivity contribution is 7.13. The van der Waals surface area contributed by atoms with Gasteiger partial charge in [-0.2, -0.15) is 5.10 Å². The van der Waals surface area contributed by atoms with Crippen LogP contribution in [0.15, 0.2) is 42.0 Å². The molecule has 19 heavy (non-hydrogen) atoms. The molecule has 5 nitrogen and oxygen atoms in total. The van der Waals surface area contributed by atoms with Gasteiger partial charge in [-0.3, -0.25) is 5.10 Å². The van der Waals surface area contributed by atoms with Gasteiger partial charge in [0.2, 0.25) is 0 Å². The summed E-state index contributed by atoms with van der Waals surface area (Å²) in [7, 11) is 0. The zero-order valence-corrected chi connectivity index (χ0v) is 10.8. The van der Waals surface area contributed by atoms with E-state index in [4.69, 9.17) is 0 Å². The molecule has 0 aliphatic heterocycles. The van der Waals surface area contributed by atoms with E-state index in [1.54, 1.807) is 0 Å². The minimum atomic E-state index is -0.536. The average Bonchev–Trinajstić information content (AvgIpc) is 3.10. The lowest BCUT2D eigenvalue weighted by Gasteiger charge is -2.08. The van der Waals surface area contributed by atoms with Crippen LogP contribution in [0.5, 0.6) is 0 Å². The first-order valence-electron chi connectivity index (χ1n) is 5.86. The summed E-state index contributed by atoms with van der Waals surface area (Å²) < 4.78 is 0. The zero-order chi connectivity index (χ0) is 13.1. The molecule has 0 saturated carbocycles. The van der Waals surface area contributed by atoms with Crippen LogP contribution in [0.2, 0.25) is 0 Å². The number of hydrogen-bond donors (Lipinski definition) is 2. The fraction of sp³-hybridized carbons (Fsp3) is 0.154. The van der Waals surface area contributed by atoms with Gasteiger partial charge in [-0.1, -0.05) is 30.3 Å². The lowest BCUT2D eigenvalue weighted by Crippen LogP contribution is -2.01. The van der Waals surface area contributed by atoms with Crippen LogP contribution in [0.4, 0.5) is 0 Å². The van der Waals surface area contributed by atoms with E-state index < -0.39 is 6.10 Å². The highest BCUT2D eigenvalue weighted by Gasteiger charge is 2.12. The molecular formula is C13H12N4OS. The molecule has 96 valence electrons. The zero-order valence-electron chi connectivity index (χ0n) is 10.0. The Morgan fingerprint density at radius 1 is 1.26 bits per heavy atom. The first-order valence-corrected chi connectivity index (χ1v) is 6.74. The Kier molecular flexibility index (Phi) is 3.35. The molecule has 0 amide bonds. The molecule has 3 rings (SSSR count). The Labute approximate surface area is 114 Å². The van der Waals surface area contributed by atoms with Crippen molar-refractivity contribution in [2.45, 2.75) is 12.5 Å². The van der Waals surface area contributed by atoms with E-state index >= 15 is 0 Å². The van der Waals surface area contributed by atoms with Gasteiger partial charge in [0.05, 0.1) is 11.8 Å². The van der Waals surface area contributed by atoms with Crippen molar-refractivity contribution in [3.8, 4) is 10.8 Å². The van der Waals surface area contributed by atoms with Crippen molar-refractivity contribution in [1.82, 2.24) is 20.2 Å². The number of aliphatic hydroxyl groups is 1. The molecule has 2 N–H and O–H groups in total. The highest BCUT2D eigenvalue weighted by Crippen LogP contribution is 2.23. The molecule has 0 bridgehead atoms. The van der Waals surface area contributed by atoms with Crippen molar-refractivity contribution in [2.24, 2.45) is 0 Å². The third kappa shape index (κ3) is 2.69. The third-order valence-electron chi connectivity index (χ3n) is 2.76. The second kappa shape index (κ2) is 5.29. The van der Waals surface area contributed by atoms with E-state index in [0.717, 1.165) is 16.3 Å². The second-order valence-electron chi connectivity index (χ2n) is 4.11. The predicted octanol–water partition coefficient (Wildman–Crippen LogP) is 2.20. The van der Waals surface area contributed by atoms with E-state index in [0.29, 0.717) is 12.2 Å². The molecule has 1 aromatic carbocycles. The Morgan fingerprint density at radius 2 is 2.11 bits per heavy atom. The maximum absolute atomic E-state index is 10.1. The lowest BCUT2D eigenvalue weighted by molar-refractivity contribution is 0.177. The molecule has 2 aromatic heterocycles. The summed E-state index contributed by atoms with van der Waals surface area (Å²) in [5, 5.41) is 19.4. The predicted molar refractivity (Wildman–Crippen MR) is 72.6 cm³/mol. The molecule has 1 unspecified atom stereocenters.